The Morgan fingerprint density at radius 3 is 2.00 bits per heavy atom. The second-order valence-electron chi connectivity index (χ2n) is 3.79. The van der Waals surface area contributed by atoms with E-state index in [-0.39, 0.29) is 11.1 Å². The summed E-state index contributed by atoms with van der Waals surface area (Å²) in [5, 5.41) is 28.8. The molecule has 0 aliphatic carbocycles. The molecule has 0 fully saturated rings. The number of benzene rings is 2. The minimum Gasteiger partial charge on any atom is -0.506 e. The summed E-state index contributed by atoms with van der Waals surface area (Å²) < 4.78 is 5.01. The lowest BCUT2D eigenvalue weighted by molar-refractivity contribution is 0.0646. The Kier molecular flexibility index (Phi) is 3.00. The number of carboxylic acids is 2. The molecule has 0 unspecified atom stereocenters. The Hall–Kier alpha value is -2.76. The molecule has 0 saturated heterocycles. The van der Waals surface area contributed by atoms with Crippen LogP contribution in [-0.2, 0) is 0 Å². The van der Waals surface area contributed by atoms with Crippen LogP contribution in [0.2, 0.25) is 0 Å². The van der Waals surface area contributed by atoms with Crippen LogP contribution in [0.4, 0.5) is 0 Å². The van der Waals surface area contributed by atoms with Crippen molar-refractivity contribution in [1.29, 1.82) is 0 Å². The van der Waals surface area contributed by atoms with Gasteiger partial charge in [0.2, 0.25) is 0 Å². The minimum atomic E-state index is -1.53. The molecule has 0 amide bonds. The lowest BCUT2D eigenvalue weighted by Gasteiger charge is -2.14. The Morgan fingerprint density at radius 2 is 1.53 bits per heavy atom. The number of carboxylic acid groups (broad SMARTS) is 2. The number of methoxy groups -OCH3 is 1. The molecule has 19 heavy (non-hydrogen) atoms. The van der Waals surface area contributed by atoms with Crippen molar-refractivity contribution in [3.63, 3.8) is 0 Å². The third-order valence-corrected chi connectivity index (χ3v) is 2.77. The molecule has 98 valence electrons. The smallest absolute Gasteiger partial charge is 0.340 e. The molecule has 0 saturated carbocycles. The zero-order valence-corrected chi connectivity index (χ0v) is 9.88. The number of phenols is 1. The van der Waals surface area contributed by atoms with Gasteiger partial charge in [0.05, 0.1) is 7.11 Å². The lowest BCUT2D eigenvalue weighted by Crippen LogP contribution is -2.11. The van der Waals surface area contributed by atoms with Gasteiger partial charge in [0.25, 0.3) is 0 Å². The molecule has 0 aliphatic rings. The predicted molar refractivity (Wildman–Crippen MR) is 66.1 cm³/mol. The highest BCUT2D eigenvalue weighted by molar-refractivity contribution is 6.13. The van der Waals surface area contributed by atoms with Crippen LogP contribution in [0.3, 0.4) is 0 Å². The molecule has 0 bridgehead atoms. The molecule has 0 aromatic heterocycles. The first-order valence-corrected chi connectivity index (χ1v) is 5.27. The quantitative estimate of drug-likeness (QED) is 0.781. The number of aromatic hydroxyl groups is 1. The molecule has 0 atom stereocenters. The van der Waals surface area contributed by atoms with E-state index in [1.807, 2.05) is 0 Å². The highest BCUT2D eigenvalue weighted by atomic mass is 16.5. The molecule has 6 nitrogen and oxygen atoms in total. The van der Waals surface area contributed by atoms with Crippen LogP contribution >= 0.6 is 0 Å². The minimum absolute atomic E-state index is 0.0849. The van der Waals surface area contributed by atoms with Crippen molar-refractivity contribution in [1.82, 2.24) is 0 Å². The Balaban J connectivity index is 3.07. The normalized spacial score (nSPS) is 10.4. The zero-order valence-electron chi connectivity index (χ0n) is 9.88. The molecular formula is C13H10O6. The third-order valence-electron chi connectivity index (χ3n) is 2.77. The number of hydrogen-bond donors (Lipinski definition) is 3. The van der Waals surface area contributed by atoms with Crippen molar-refractivity contribution in [3.8, 4) is 11.5 Å². The van der Waals surface area contributed by atoms with E-state index >= 15 is 0 Å². The van der Waals surface area contributed by atoms with E-state index in [9.17, 15) is 14.7 Å². The fraction of sp³-hybridized carbons (Fsp3) is 0.0769. The summed E-state index contributed by atoms with van der Waals surface area (Å²) in [5.74, 6) is -3.67. The lowest BCUT2D eigenvalue weighted by atomic mass is 9.97. The molecule has 0 radical (unpaired) electrons. The van der Waals surface area contributed by atoms with E-state index in [1.54, 1.807) is 18.2 Å². The zero-order chi connectivity index (χ0) is 14.2. The van der Waals surface area contributed by atoms with Crippen molar-refractivity contribution in [2.75, 3.05) is 7.11 Å². The summed E-state index contributed by atoms with van der Waals surface area (Å²) in [6.45, 7) is 0. The van der Waals surface area contributed by atoms with Gasteiger partial charge in [0.1, 0.15) is 22.6 Å². The van der Waals surface area contributed by atoms with E-state index in [0.29, 0.717) is 5.39 Å². The summed E-state index contributed by atoms with van der Waals surface area (Å²) in [4.78, 5) is 22.4. The van der Waals surface area contributed by atoms with Crippen LogP contribution in [-0.4, -0.2) is 34.4 Å². The topological polar surface area (TPSA) is 104 Å². The standard InChI is InChI=1S/C13H10O6/c1-19-11-7-5-3-2-4-6(7)10(14)8(12(15)16)9(11)13(17)18/h2-5,14H,1H3,(H,15,16)(H,17,18). The maximum absolute atomic E-state index is 11.2. The summed E-state index contributed by atoms with van der Waals surface area (Å²) in [6.07, 6.45) is 0. The van der Waals surface area contributed by atoms with Gasteiger partial charge in [-0.15, -0.1) is 0 Å². The fourth-order valence-electron chi connectivity index (χ4n) is 2.01. The maximum atomic E-state index is 11.2. The maximum Gasteiger partial charge on any atom is 0.340 e. The number of aromatic carboxylic acids is 2. The summed E-state index contributed by atoms with van der Waals surface area (Å²) in [5.41, 5.74) is -1.24. The van der Waals surface area contributed by atoms with Crippen molar-refractivity contribution >= 4 is 22.7 Å². The number of ether oxygens (including phenoxy) is 1. The van der Waals surface area contributed by atoms with Crippen LogP contribution < -0.4 is 4.74 Å². The number of carbonyl (C=O) groups is 2. The van der Waals surface area contributed by atoms with Gasteiger partial charge < -0.3 is 20.1 Å². The highest BCUT2D eigenvalue weighted by Crippen LogP contribution is 2.40. The molecule has 2 aromatic rings. The molecule has 2 aromatic carbocycles. The average Bonchev–Trinajstić information content (AvgIpc) is 2.37. The fourth-order valence-corrected chi connectivity index (χ4v) is 2.01. The largest absolute Gasteiger partial charge is 0.506 e. The van der Waals surface area contributed by atoms with Gasteiger partial charge in [-0.2, -0.15) is 0 Å². The molecule has 0 spiro atoms. The second-order valence-corrected chi connectivity index (χ2v) is 3.79. The van der Waals surface area contributed by atoms with Gasteiger partial charge >= 0.3 is 11.9 Å². The molecule has 0 heterocycles. The van der Waals surface area contributed by atoms with Crippen LogP contribution in [0.5, 0.6) is 11.5 Å². The molecule has 0 aliphatic heterocycles. The van der Waals surface area contributed by atoms with E-state index < -0.39 is 28.8 Å². The van der Waals surface area contributed by atoms with Crippen molar-refractivity contribution in [2.45, 2.75) is 0 Å². The Bertz CT molecular complexity index is 689. The molecule has 3 N–H and O–H groups in total. The van der Waals surface area contributed by atoms with E-state index in [2.05, 4.69) is 0 Å². The van der Waals surface area contributed by atoms with Crippen LogP contribution in [0.25, 0.3) is 10.8 Å². The van der Waals surface area contributed by atoms with Gasteiger partial charge in [-0.05, 0) is 0 Å². The molecular weight excluding hydrogens is 252 g/mol. The van der Waals surface area contributed by atoms with E-state index in [1.165, 1.54) is 13.2 Å². The Morgan fingerprint density at radius 1 is 1.00 bits per heavy atom. The van der Waals surface area contributed by atoms with Gasteiger partial charge in [-0.3, -0.25) is 0 Å². The van der Waals surface area contributed by atoms with Crippen LogP contribution in [0, 0.1) is 0 Å². The first-order chi connectivity index (χ1) is 8.99. The van der Waals surface area contributed by atoms with E-state index in [4.69, 9.17) is 14.9 Å². The Labute approximate surface area is 107 Å². The van der Waals surface area contributed by atoms with Crippen LogP contribution in [0.15, 0.2) is 24.3 Å². The van der Waals surface area contributed by atoms with Gasteiger partial charge in [0, 0.05) is 10.8 Å². The van der Waals surface area contributed by atoms with Crippen molar-refractivity contribution in [2.24, 2.45) is 0 Å². The predicted octanol–water partition coefficient (Wildman–Crippen LogP) is 1.95. The molecule has 2 rings (SSSR count). The monoisotopic (exact) mass is 262 g/mol. The summed E-state index contributed by atoms with van der Waals surface area (Å²) in [7, 11) is 1.25. The van der Waals surface area contributed by atoms with E-state index in [0.717, 1.165) is 0 Å². The summed E-state index contributed by atoms with van der Waals surface area (Å²) >= 11 is 0. The number of rotatable bonds is 3. The first kappa shape index (κ1) is 12.7. The second kappa shape index (κ2) is 4.49. The van der Waals surface area contributed by atoms with Crippen molar-refractivity contribution < 1.29 is 29.6 Å². The van der Waals surface area contributed by atoms with Gasteiger partial charge in [-0.25, -0.2) is 9.59 Å². The number of hydrogen-bond acceptors (Lipinski definition) is 4. The van der Waals surface area contributed by atoms with Crippen LogP contribution in [0.1, 0.15) is 20.7 Å². The highest BCUT2D eigenvalue weighted by Gasteiger charge is 2.28. The van der Waals surface area contributed by atoms with Gasteiger partial charge in [-0.1, -0.05) is 24.3 Å². The summed E-state index contributed by atoms with van der Waals surface area (Å²) in [6, 6.07) is 6.28. The average molecular weight is 262 g/mol. The van der Waals surface area contributed by atoms with Gasteiger partial charge in [0.15, 0.2) is 0 Å². The third kappa shape index (κ3) is 1.83. The van der Waals surface area contributed by atoms with Crippen molar-refractivity contribution in [3.05, 3.63) is 35.4 Å². The first-order valence-electron chi connectivity index (χ1n) is 5.27. The molecule has 6 heteroatoms. The number of fused-ring (bicyclic) bond motifs is 1. The SMILES string of the molecule is COc1c(C(=O)O)c(C(=O)O)c(O)c2ccccc12.